The van der Waals surface area contributed by atoms with Crippen LogP contribution in [-0.4, -0.2) is 25.1 Å². The van der Waals surface area contributed by atoms with Gasteiger partial charge >= 0.3 is 0 Å². The number of carbonyl (C=O) groups excluding carboxylic acids is 1. The number of thiazole rings is 1. The van der Waals surface area contributed by atoms with E-state index in [9.17, 15) is 4.79 Å². The number of rotatable bonds is 5. The number of hydrogen-bond donors (Lipinski definition) is 1. The largest absolute Gasteiger partial charge is 0.497 e. The first-order valence-electron chi connectivity index (χ1n) is 7.35. The van der Waals surface area contributed by atoms with Gasteiger partial charge in [0.2, 0.25) is 0 Å². The van der Waals surface area contributed by atoms with Crippen LogP contribution in [-0.2, 0) is 0 Å². The van der Waals surface area contributed by atoms with Gasteiger partial charge in [0.05, 0.1) is 25.5 Å². The monoisotopic (exact) mass is 466 g/mol. The molecule has 3 rings (SSSR count). The highest BCUT2D eigenvalue weighted by molar-refractivity contribution is 14.1. The molecule has 1 aromatic heterocycles. The number of carbonyl (C=O) groups is 1. The lowest BCUT2D eigenvalue weighted by molar-refractivity contribution is 0.102. The Kier molecular flexibility index (Phi) is 5.54. The molecule has 0 aliphatic heterocycles. The molecule has 0 fully saturated rings. The topological polar surface area (TPSA) is 60.5 Å². The van der Waals surface area contributed by atoms with E-state index in [1.807, 2.05) is 29.6 Å². The maximum Gasteiger partial charge on any atom is 0.261 e. The molecule has 0 unspecified atom stereocenters. The Morgan fingerprint density at radius 1 is 1.12 bits per heavy atom. The Labute approximate surface area is 163 Å². The van der Waals surface area contributed by atoms with E-state index in [1.165, 1.54) is 18.4 Å². The molecule has 0 atom stereocenters. The molecule has 1 N–H and O–H groups in total. The Morgan fingerprint density at radius 2 is 1.88 bits per heavy atom. The van der Waals surface area contributed by atoms with Gasteiger partial charge in [-0.1, -0.05) is 12.1 Å². The van der Waals surface area contributed by atoms with Crippen LogP contribution in [0.4, 0.5) is 5.13 Å². The Morgan fingerprint density at radius 3 is 2.56 bits per heavy atom. The summed E-state index contributed by atoms with van der Waals surface area (Å²) in [5.41, 5.74) is 2.27. The minimum atomic E-state index is -0.275. The third kappa shape index (κ3) is 4.10. The maximum absolute atomic E-state index is 12.5. The summed E-state index contributed by atoms with van der Waals surface area (Å²) >= 11 is 3.64. The lowest BCUT2D eigenvalue weighted by Crippen LogP contribution is -2.13. The molecule has 0 aliphatic carbocycles. The van der Waals surface area contributed by atoms with Crippen molar-refractivity contribution in [2.75, 3.05) is 19.5 Å². The number of nitrogens with one attached hydrogen (secondary N) is 1. The number of hydrogen-bond acceptors (Lipinski definition) is 5. The van der Waals surface area contributed by atoms with Crippen LogP contribution in [0.5, 0.6) is 11.5 Å². The molecule has 25 heavy (non-hydrogen) atoms. The quantitative estimate of drug-likeness (QED) is 0.555. The summed E-state index contributed by atoms with van der Waals surface area (Å²) < 4.78 is 11.6. The van der Waals surface area contributed by atoms with E-state index >= 15 is 0 Å². The van der Waals surface area contributed by atoms with Crippen molar-refractivity contribution in [1.29, 1.82) is 0 Å². The van der Waals surface area contributed by atoms with Gasteiger partial charge in [0.15, 0.2) is 5.13 Å². The number of benzene rings is 2. The van der Waals surface area contributed by atoms with Crippen molar-refractivity contribution < 1.29 is 14.3 Å². The summed E-state index contributed by atoms with van der Waals surface area (Å²) in [6, 6.07) is 13.1. The molecule has 0 radical (unpaired) electrons. The zero-order valence-electron chi connectivity index (χ0n) is 13.6. The number of anilines is 1. The summed E-state index contributed by atoms with van der Waals surface area (Å²) in [6.07, 6.45) is 0. The molecule has 3 aromatic rings. The summed E-state index contributed by atoms with van der Waals surface area (Å²) in [5.74, 6) is 0.804. The van der Waals surface area contributed by atoms with Gasteiger partial charge in [-0.2, -0.15) is 0 Å². The lowest BCUT2D eigenvalue weighted by Gasteiger charge is -2.09. The molecule has 1 heterocycles. The maximum atomic E-state index is 12.5. The van der Waals surface area contributed by atoms with Crippen molar-refractivity contribution in [3.63, 3.8) is 0 Å². The minimum Gasteiger partial charge on any atom is -0.497 e. The van der Waals surface area contributed by atoms with E-state index in [0.717, 1.165) is 14.8 Å². The van der Waals surface area contributed by atoms with Crippen LogP contribution in [0.1, 0.15) is 10.4 Å². The van der Waals surface area contributed by atoms with Crippen molar-refractivity contribution in [2.24, 2.45) is 0 Å². The molecule has 5 nitrogen and oxygen atoms in total. The van der Waals surface area contributed by atoms with Gasteiger partial charge in [0, 0.05) is 20.6 Å². The summed E-state index contributed by atoms with van der Waals surface area (Å²) in [5, 5.41) is 5.28. The van der Waals surface area contributed by atoms with E-state index in [2.05, 4.69) is 32.9 Å². The molecule has 0 spiro atoms. The molecule has 128 valence electrons. The first kappa shape index (κ1) is 17.7. The molecule has 0 bridgehead atoms. The lowest BCUT2D eigenvalue weighted by atomic mass is 10.2. The van der Waals surface area contributed by atoms with Crippen LogP contribution in [0.15, 0.2) is 47.8 Å². The molecule has 0 aliphatic rings. The first-order chi connectivity index (χ1) is 12.1. The average molecular weight is 466 g/mol. The van der Waals surface area contributed by atoms with Gasteiger partial charge in [-0.25, -0.2) is 4.98 Å². The fourth-order valence-electron chi connectivity index (χ4n) is 2.23. The van der Waals surface area contributed by atoms with Crippen LogP contribution in [0.2, 0.25) is 0 Å². The molecule has 0 saturated carbocycles. The molecule has 1 amide bonds. The predicted molar refractivity (Wildman–Crippen MR) is 108 cm³/mol. The number of methoxy groups -OCH3 is 2. The highest BCUT2D eigenvalue weighted by Crippen LogP contribution is 2.28. The van der Waals surface area contributed by atoms with E-state index in [0.29, 0.717) is 22.2 Å². The zero-order chi connectivity index (χ0) is 17.8. The highest BCUT2D eigenvalue weighted by atomic mass is 127. The summed E-state index contributed by atoms with van der Waals surface area (Å²) in [6.45, 7) is 0. The number of amides is 1. The molecule has 7 heteroatoms. The Balaban J connectivity index is 1.79. The third-order valence-corrected chi connectivity index (χ3v) is 4.99. The normalized spacial score (nSPS) is 10.4. The van der Waals surface area contributed by atoms with Crippen molar-refractivity contribution in [2.45, 2.75) is 0 Å². The van der Waals surface area contributed by atoms with Gasteiger partial charge < -0.3 is 9.47 Å². The van der Waals surface area contributed by atoms with Gasteiger partial charge in [0.25, 0.3) is 5.91 Å². The van der Waals surface area contributed by atoms with Crippen molar-refractivity contribution in [3.05, 3.63) is 57.0 Å². The summed E-state index contributed by atoms with van der Waals surface area (Å²) in [4.78, 5) is 17.0. The number of nitrogens with zero attached hydrogens (tertiary/aromatic N) is 1. The second kappa shape index (κ2) is 7.83. The Hall–Kier alpha value is -2.13. The van der Waals surface area contributed by atoms with E-state index in [-0.39, 0.29) is 5.91 Å². The second-order valence-electron chi connectivity index (χ2n) is 5.07. The number of aromatic nitrogens is 1. The van der Waals surface area contributed by atoms with Crippen LogP contribution < -0.4 is 14.8 Å². The minimum absolute atomic E-state index is 0.275. The average Bonchev–Trinajstić information content (AvgIpc) is 3.10. The SMILES string of the molecule is COc1ccc(C(=O)Nc2nc(-c3ccc(I)cc3)cs2)c(OC)c1. The van der Waals surface area contributed by atoms with E-state index < -0.39 is 0 Å². The fraction of sp³-hybridized carbons (Fsp3) is 0.111. The fourth-order valence-corrected chi connectivity index (χ4v) is 3.31. The van der Waals surface area contributed by atoms with Crippen LogP contribution in [0.3, 0.4) is 0 Å². The van der Waals surface area contributed by atoms with Gasteiger partial charge in [-0.15, -0.1) is 11.3 Å². The van der Waals surface area contributed by atoms with Crippen molar-refractivity contribution >= 4 is 45.0 Å². The smallest absolute Gasteiger partial charge is 0.261 e. The van der Waals surface area contributed by atoms with Crippen molar-refractivity contribution in [1.82, 2.24) is 4.98 Å². The van der Waals surface area contributed by atoms with Crippen LogP contribution in [0, 0.1) is 3.57 Å². The van der Waals surface area contributed by atoms with E-state index in [1.54, 1.807) is 25.3 Å². The second-order valence-corrected chi connectivity index (χ2v) is 7.17. The molecular weight excluding hydrogens is 451 g/mol. The van der Waals surface area contributed by atoms with Gasteiger partial charge in [0.1, 0.15) is 11.5 Å². The molecular formula is C18H15IN2O3S. The standard InChI is InChI=1S/C18H15IN2O3S/c1-23-13-7-8-14(16(9-13)24-2)17(22)21-18-20-15(10-25-18)11-3-5-12(19)6-4-11/h3-10H,1-2H3,(H,20,21,22). The van der Waals surface area contributed by atoms with E-state index in [4.69, 9.17) is 9.47 Å². The summed E-state index contributed by atoms with van der Waals surface area (Å²) in [7, 11) is 3.08. The molecule has 2 aromatic carbocycles. The predicted octanol–water partition coefficient (Wildman–Crippen LogP) is 4.68. The van der Waals surface area contributed by atoms with Crippen LogP contribution in [0.25, 0.3) is 11.3 Å². The zero-order valence-corrected chi connectivity index (χ0v) is 16.6. The van der Waals surface area contributed by atoms with Crippen LogP contribution >= 0.6 is 33.9 Å². The number of halogens is 1. The molecule has 0 saturated heterocycles. The van der Waals surface area contributed by atoms with Crippen molar-refractivity contribution in [3.8, 4) is 22.8 Å². The Bertz CT molecular complexity index is 894. The number of ether oxygens (including phenoxy) is 2. The highest BCUT2D eigenvalue weighted by Gasteiger charge is 2.15. The first-order valence-corrected chi connectivity index (χ1v) is 9.31. The van der Waals surface area contributed by atoms with Gasteiger partial charge in [-0.3, -0.25) is 10.1 Å². The van der Waals surface area contributed by atoms with Gasteiger partial charge in [-0.05, 0) is 46.9 Å². The third-order valence-electron chi connectivity index (χ3n) is 3.52.